The van der Waals surface area contributed by atoms with Crippen LogP contribution in [0.4, 0.5) is 5.69 Å². The van der Waals surface area contributed by atoms with E-state index >= 15 is 0 Å². The van der Waals surface area contributed by atoms with Gasteiger partial charge in [-0.1, -0.05) is 30.3 Å². The Balaban J connectivity index is 2.13. The number of hydrogen-bond donors (Lipinski definition) is 1. The summed E-state index contributed by atoms with van der Waals surface area (Å²) < 4.78 is 0. The Morgan fingerprint density at radius 1 is 0.889 bits per heavy atom. The van der Waals surface area contributed by atoms with E-state index in [2.05, 4.69) is 46.7 Å². The van der Waals surface area contributed by atoms with Gasteiger partial charge in [-0.25, -0.2) is 0 Å². The number of nitrogens with zero attached hydrogens (tertiary/aromatic N) is 1. The first kappa shape index (κ1) is 10.8. The monoisotopic (exact) mass is 234 g/mol. The first-order chi connectivity index (χ1) is 8.86. The van der Waals surface area contributed by atoms with E-state index in [1.54, 1.807) is 0 Å². The maximum absolute atomic E-state index is 4.49. The van der Waals surface area contributed by atoms with Gasteiger partial charge in [0.05, 0.1) is 5.52 Å². The molecule has 2 nitrogen and oxygen atoms in total. The lowest BCUT2D eigenvalue weighted by atomic mass is 10.0. The summed E-state index contributed by atoms with van der Waals surface area (Å²) in [4.78, 5) is 4.49. The lowest BCUT2D eigenvalue weighted by Gasteiger charge is -2.06. The zero-order valence-corrected chi connectivity index (χ0v) is 10.2. The van der Waals surface area contributed by atoms with E-state index in [9.17, 15) is 0 Å². The SMILES string of the molecule is CNc1cccc(-c2cnc3ccccc3c2)c1. The highest BCUT2D eigenvalue weighted by Crippen LogP contribution is 2.24. The summed E-state index contributed by atoms with van der Waals surface area (Å²) in [6, 6.07) is 18.7. The van der Waals surface area contributed by atoms with E-state index < -0.39 is 0 Å². The molecule has 0 bridgehead atoms. The maximum Gasteiger partial charge on any atom is 0.0702 e. The second-order valence-corrected chi connectivity index (χ2v) is 4.25. The van der Waals surface area contributed by atoms with Gasteiger partial charge >= 0.3 is 0 Å². The zero-order valence-electron chi connectivity index (χ0n) is 10.2. The van der Waals surface area contributed by atoms with Crippen LogP contribution in [0.1, 0.15) is 0 Å². The molecule has 0 spiro atoms. The van der Waals surface area contributed by atoms with Crippen LogP contribution in [0.2, 0.25) is 0 Å². The number of rotatable bonds is 2. The highest BCUT2D eigenvalue weighted by Gasteiger charge is 2.01. The van der Waals surface area contributed by atoms with Gasteiger partial charge in [0.1, 0.15) is 0 Å². The van der Waals surface area contributed by atoms with Crippen LogP contribution in [0.25, 0.3) is 22.0 Å². The van der Waals surface area contributed by atoms with Gasteiger partial charge < -0.3 is 5.32 Å². The minimum atomic E-state index is 1.03. The van der Waals surface area contributed by atoms with Crippen molar-refractivity contribution in [3.63, 3.8) is 0 Å². The Morgan fingerprint density at radius 2 is 1.78 bits per heavy atom. The van der Waals surface area contributed by atoms with Gasteiger partial charge in [-0.05, 0) is 29.8 Å². The molecule has 0 aliphatic carbocycles. The number of anilines is 1. The Labute approximate surface area is 106 Å². The molecule has 1 aromatic heterocycles. The number of aromatic nitrogens is 1. The highest BCUT2D eigenvalue weighted by molar-refractivity contribution is 5.83. The van der Waals surface area contributed by atoms with Gasteiger partial charge in [0.2, 0.25) is 0 Å². The van der Waals surface area contributed by atoms with Crippen LogP contribution >= 0.6 is 0 Å². The highest BCUT2D eigenvalue weighted by atomic mass is 14.8. The number of para-hydroxylation sites is 1. The largest absolute Gasteiger partial charge is 0.388 e. The predicted octanol–water partition coefficient (Wildman–Crippen LogP) is 3.94. The van der Waals surface area contributed by atoms with Crippen LogP contribution in [-0.4, -0.2) is 12.0 Å². The molecular weight excluding hydrogens is 220 g/mol. The Kier molecular flexibility index (Phi) is 2.69. The van der Waals surface area contributed by atoms with E-state index in [0.29, 0.717) is 0 Å². The summed E-state index contributed by atoms with van der Waals surface area (Å²) in [5.74, 6) is 0. The van der Waals surface area contributed by atoms with Crippen LogP contribution in [0.5, 0.6) is 0 Å². The Hall–Kier alpha value is -2.35. The fourth-order valence-electron chi connectivity index (χ4n) is 2.08. The molecule has 1 N–H and O–H groups in total. The fraction of sp³-hybridized carbons (Fsp3) is 0.0625. The van der Waals surface area contributed by atoms with Crippen molar-refractivity contribution in [2.45, 2.75) is 0 Å². The smallest absolute Gasteiger partial charge is 0.0702 e. The molecule has 0 radical (unpaired) electrons. The normalized spacial score (nSPS) is 10.5. The molecule has 2 aromatic carbocycles. The predicted molar refractivity (Wildman–Crippen MR) is 76.7 cm³/mol. The van der Waals surface area contributed by atoms with Gasteiger partial charge in [-0.15, -0.1) is 0 Å². The third-order valence-corrected chi connectivity index (χ3v) is 3.08. The van der Waals surface area contributed by atoms with Crippen LogP contribution < -0.4 is 5.32 Å². The molecule has 3 aromatic rings. The topological polar surface area (TPSA) is 24.9 Å². The number of benzene rings is 2. The van der Waals surface area contributed by atoms with Crippen molar-refractivity contribution >= 4 is 16.6 Å². The zero-order chi connectivity index (χ0) is 12.4. The molecule has 0 amide bonds. The van der Waals surface area contributed by atoms with E-state index in [1.165, 1.54) is 10.9 Å². The second-order valence-electron chi connectivity index (χ2n) is 4.25. The molecule has 0 fully saturated rings. The van der Waals surface area contributed by atoms with Crippen molar-refractivity contribution in [1.29, 1.82) is 0 Å². The average Bonchev–Trinajstić information content (AvgIpc) is 2.47. The summed E-state index contributed by atoms with van der Waals surface area (Å²) in [5, 5.41) is 4.33. The molecule has 0 aliphatic heterocycles. The van der Waals surface area contributed by atoms with Crippen LogP contribution in [0, 0.1) is 0 Å². The Morgan fingerprint density at radius 3 is 2.67 bits per heavy atom. The third-order valence-electron chi connectivity index (χ3n) is 3.08. The molecule has 18 heavy (non-hydrogen) atoms. The minimum absolute atomic E-state index is 1.03. The summed E-state index contributed by atoms with van der Waals surface area (Å²) in [6.07, 6.45) is 1.93. The molecule has 0 atom stereocenters. The Bertz CT molecular complexity index is 689. The van der Waals surface area contributed by atoms with Gasteiger partial charge in [0.15, 0.2) is 0 Å². The van der Waals surface area contributed by atoms with Crippen molar-refractivity contribution in [3.05, 3.63) is 60.8 Å². The van der Waals surface area contributed by atoms with Crippen molar-refractivity contribution in [1.82, 2.24) is 4.98 Å². The van der Waals surface area contributed by atoms with Crippen molar-refractivity contribution < 1.29 is 0 Å². The van der Waals surface area contributed by atoms with Crippen LogP contribution in [0.3, 0.4) is 0 Å². The number of hydrogen-bond acceptors (Lipinski definition) is 2. The van der Waals surface area contributed by atoms with Gasteiger partial charge in [0.25, 0.3) is 0 Å². The molecule has 0 unspecified atom stereocenters. The first-order valence-corrected chi connectivity index (χ1v) is 6.00. The third kappa shape index (κ3) is 1.93. The fourth-order valence-corrected chi connectivity index (χ4v) is 2.08. The van der Waals surface area contributed by atoms with Crippen molar-refractivity contribution in [2.75, 3.05) is 12.4 Å². The molecule has 1 heterocycles. The lowest BCUT2D eigenvalue weighted by molar-refractivity contribution is 1.40. The average molecular weight is 234 g/mol. The molecule has 0 saturated carbocycles. The van der Waals surface area contributed by atoms with Crippen LogP contribution in [0.15, 0.2) is 60.8 Å². The van der Waals surface area contributed by atoms with E-state index in [0.717, 1.165) is 16.8 Å². The molecule has 2 heteroatoms. The van der Waals surface area contributed by atoms with E-state index in [-0.39, 0.29) is 0 Å². The summed E-state index contributed by atoms with van der Waals surface area (Å²) in [7, 11) is 1.93. The molecule has 0 saturated heterocycles. The summed E-state index contributed by atoms with van der Waals surface area (Å²) in [6.45, 7) is 0. The first-order valence-electron chi connectivity index (χ1n) is 6.00. The maximum atomic E-state index is 4.49. The number of nitrogens with one attached hydrogen (secondary N) is 1. The molecule has 0 aliphatic rings. The van der Waals surface area contributed by atoms with Gasteiger partial charge in [0, 0.05) is 29.9 Å². The van der Waals surface area contributed by atoms with Gasteiger partial charge in [-0.3, -0.25) is 4.98 Å². The van der Waals surface area contributed by atoms with E-state index in [4.69, 9.17) is 0 Å². The van der Waals surface area contributed by atoms with Crippen molar-refractivity contribution in [2.24, 2.45) is 0 Å². The number of fused-ring (bicyclic) bond motifs is 1. The molecule has 3 rings (SSSR count). The second kappa shape index (κ2) is 4.49. The minimum Gasteiger partial charge on any atom is -0.388 e. The molecular formula is C16H14N2. The van der Waals surface area contributed by atoms with Crippen molar-refractivity contribution in [3.8, 4) is 11.1 Å². The number of pyridine rings is 1. The quantitative estimate of drug-likeness (QED) is 0.726. The molecule has 88 valence electrons. The van der Waals surface area contributed by atoms with E-state index in [1.807, 2.05) is 31.4 Å². The van der Waals surface area contributed by atoms with Crippen LogP contribution in [-0.2, 0) is 0 Å². The summed E-state index contributed by atoms with van der Waals surface area (Å²) >= 11 is 0. The van der Waals surface area contributed by atoms with Gasteiger partial charge in [-0.2, -0.15) is 0 Å². The standard InChI is InChI=1S/C16H14N2/c1-17-15-7-4-6-12(10-15)14-9-13-5-2-3-8-16(13)18-11-14/h2-11,17H,1H3. The summed E-state index contributed by atoms with van der Waals surface area (Å²) in [5.41, 5.74) is 4.47. The lowest BCUT2D eigenvalue weighted by Crippen LogP contribution is -1.88.